The Morgan fingerprint density at radius 1 is 1.38 bits per heavy atom. The zero-order valence-electron chi connectivity index (χ0n) is 8.29. The van der Waals surface area contributed by atoms with Crippen LogP contribution in [0.1, 0.15) is 19.4 Å². The lowest BCUT2D eigenvalue weighted by Gasteiger charge is -2.02. The predicted octanol–water partition coefficient (Wildman–Crippen LogP) is 2.30. The summed E-state index contributed by atoms with van der Waals surface area (Å²) >= 11 is 0. The number of ether oxygens (including phenoxy) is 1. The molecule has 0 heterocycles. The molecule has 72 valence electrons. The van der Waals surface area contributed by atoms with Crippen LogP contribution in [0.4, 0.5) is 5.69 Å². The van der Waals surface area contributed by atoms with Gasteiger partial charge in [-0.05, 0) is 18.2 Å². The molecule has 1 rings (SSSR count). The van der Waals surface area contributed by atoms with Crippen molar-refractivity contribution in [2.75, 3.05) is 12.8 Å². The molecule has 3 N–H and O–H groups in total. The third-order valence-corrected chi connectivity index (χ3v) is 1.45. The van der Waals surface area contributed by atoms with Crippen molar-refractivity contribution in [1.82, 2.24) is 0 Å². The monoisotopic (exact) mass is 180 g/mol. The second-order valence-corrected chi connectivity index (χ2v) is 2.14. The highest BCUT2D eigenvalue weighted by Gasteiger charge is 1.96. The second-order valence-electron chi connectivity index (χ2n) is 2.14. The molecule has 1 aromatic carbocycles. The minimum absolute atomic E-state index is 0.598. The minimum Gasteiger partial charge on any atom is -0.497 e. The van der Waals surface area contributed by atoms with E-state index >= 15 is 0 Å². The van der Waals surface area contributed by atoms with E-state index in [2.05, 4.69) is 0 Å². The molecule has 3 heteroatoms. The van der Waals surface area contributed by atoms with Gasteiger partial charge in [-0.25, -0.2) is 0 Å². The lowest BCUT2D eigenvalue weighted by atomic mass is 10.2. The molecule has 0 aromatic heterocycles. The second kappa shape index (κ2) is 6.06. The molecule has 0 fully saturated rings. The van der Waals surface area contributed by atoms with Gasteiger partial charge in [-0.1, -0.05) is 13.8 Å². The Morgan fingerprint density at radius 2 is 2.00 bits per heavy atom. The predicted molar refractivity (Wildman–Crippen MR) is 56.6 cm³/mol. The van der Waals surface area contributed by atoms with E-state index in [9.17, 15) is 0 Å². The van der Waals surface area contributed by atoms with Crippen LogP contribution in [-0.4, -0.2) is 13.3 Å². The molecule has 0 saturated heterocycles. The van der Waals surface area contributed by atoms with E-state index in [0.717, 1.165) is 5.75 Å². The summed E-state index contributed by atoms with van der Waals surface area (Å²) in [5.41, 5.74) is 6.83. The van der Waals surface area contributed by atoms with Crippen LogP contribution in [0.5, 0.6) is 5.75 Å². The smallest absolute Gasteiger partial charge is 0.119 e. The topological polar surface area (TPSA) is 59.1 Å². The SMILES string of the molecule is CC.COc1ccc(N)c(C=N)c1. The van der Waals surface area contributed by atoms with Crippen LogP contribution < -0.4 is 10.5 Å². The van der Waals surface area contributed by atoms with Gasteiger partial charge >= 0.3 is 0 Å². The Bertz CT molecular complexity index is 272. The summed E-state index contributed by atoms with van der Waals surface area (Å²) in [6, 6.07) is 5.21. The fourth-order valence-corrected chi connectivity index (χ4v) is 0.805. The summed E-state index contributed by atoms with van der Waals surface area (Å²) in [5, 5.41) is 7.00. The third kappa shape index (κ3) is 3.15. The Hall–Kier alpha value is -1.51. The van der Waals surface area contributed by atoms with Crippen LogP contribution in [0, 0.1) is 5.41 Å². The molecule has 3 nitrogen and oxygen atoms in total. The molecule has 0 aliphatic carbocycles. The first-order valence-electron chi connectivity index (χ1n) is 4.22. The van der Waals surface area contributed by atoms with Crippen molar-refractivity contribution in [3.63, 3.8) is 0 Å². The van der Waals surface area contributed by atoms with Crippen molar-refractivity contribution in [2.45, 2.75) is 13.8 Å². The summed E-state index contributed by atoms with van der Waals surface area (Å²) in [6.07, 6.45) is 1.21. The quantitative estimate of drug-likeness (QED) is 0.542. The van der Waals surface area contributed by atoms with Gasteiger partial charge in [-0.3, -0.25) is 0 Å². The van der Waals surface area contributed by atoms with Crippen LogP contribution in [0.2, 0.25) is 0 Å². The van der Waals surface area contributed by atoms with Crippen LogP contribution in [0.25, 0.3) is 0 Å². The number of anilines is 1. The molecule has 0 radical (unpaired) electrons. The lowest BCUT2D eigenvalue weighted by molar-refractivity contribution is 0.415. The summed E-state index contributed by atoms with van der Waals surface area (Å²) in [6.45, 7) is 4.00. The molecule has 1 aromatic rings. The first-order valence-corrected chi connectivity index (χ1v) is 4.22. The Kier molecular flexibility index (Phi) is 5.35. The van der Waals surface area contributed by atoms with Crippen LogP contribution in [-0.2, 0) is 0 Å². The Balaban J connectivity index is 0.000000671. The van der Waals surface area contributed by atoms with Gasteiger partial charge in [0.05, 0.1) is 7.11 Å². The van der Waals surface area contributed by atoms with Crippen molar-refractivity contribution in [3.05, 3.63) is 23.8 Å². The molecule has 0 amide bonds. The van der Waals surface area contributed by atoms with E-state index in [-0.39, 0.29) is 0 Å². The number of nitrogens with one attached hydrogen (secondary N) is 1. The zero-order chi connectivity index (χ0) is 10.3. The molecular formula is C10H16N2O. The van der Waals surface area contributed by atoms with Crippen molar-refractivity contribution >= 4 is 11.9 Å². The highest BCUT2D eigenvalue weighted by molar-refractivity contribution is 5.85. The maximum atomic E-state index is 7.00. The van der Waals surface area contributed by atoms with Gasteiger partial charge in [0.25, 0.3) is 0 Å². The molecule has 0 spiro atoms. The summed E-state index contributed by atoms with van der Waals surface area (Å²) in [4.78, 5) is 0. The van der Waals surface area contributed by atoms with E-state index in [4.69, 9.17) is 15.9 Å². The fourth-order valence-electron chi connectivity index (χ4n) is 0.805. The molecule has 0 atom stereocenters. The van der Waals surface area contributed by atoms with E-state index in [0.29, 0.717) is 11.3 Å². The van der Waals surface area contributed by atoms with Crippen LogP contribution >= 0.6 is 0 Å². The van der Waals surface area contributed by atoms with Gasteiger partial charge in [0.1, 0.15) is 5.75 Å². The summed E-state index contributed by atoms with van der Waals surface area (Å²) in [7, 11) is 1.58. The number of nitrogens with two attached hydrogens (primary N) is 1. The van der Waals surface area contributed by atoms with Gasteiger partial charge in [0.15, 0.2) is 0 Å². The Labute approximate surface area is 79.0 Å². The van der Waals surface area contributed by atoms with Gasteiger partial charge in [-0.15, -0.1) is 0 Å². The maximum absolute atomic E-state index is 7.00. The largest absolute Gasteiger partial charge is 0.497 e. The number of hydrogen-bond acceptors (Lipinski definition) is 3. The average molecular weight is 180 g/mol. The molecule has 0 aliphatic rings. The molecule has 0 bridgehead atoms. The number of hydrogen-bond donors (Lipinski definition) is 2. The average Bonchev–Trinajstić information content (AvgIpc) is 2.22. The number of nitrogen functional groups attached to an aromatic ring is 1. The van der Waals surface area contributed by atoms with Crippen LogP contribution in [0.3, 0.4) is 0 Å². The third-order valence-electron chi connectivity index (χ3n) is 1.45. The van der Waals surface area contributed by atoms with E-state index in [1.807, 2.05) is 13.8 Å². The van der Waals surface area contributed by atoms with Gasteiger partial charge < -0.3 is 15.9 Å². The van der Waals surface area contributed by atoms with Gasteiger partial charge in [-0.2, -0.15) is 0 Å². The zero-order valence-corrected chi connectivity index (χ0v) is 8.29. The fraction of sp³-hybridized carbons (Fsp3) is 0.300. The Morgan fingerprint density at radius 3 is 2.46 bits per heavy atom. The normalized spacial score (nSPS) is 8.23. The molecular weight excluding hydrogens is 164 g/mol. The maximum Gasteiger partial charge on any atom is 0.119 e. The standard InChI is InChI=1S/C8H10N2O.C2H6/c1-11-7-2-3-8(10)6(4-7)5-9;1-2/h2-5,9H,10H2,1H3;1-2H3. The highest BCUT2D eigenvalue weighted by Crippen LogP contribution is 2.17. The molecule has 0 unspecified atom stereocenters. The van der Waals surface area contributed by atoms with Crippen molar-refractivity contribution < 1.29 is 4.74 Å². The summed E-state index contributed by atoms with van der Waals surface area (Å²) in [5.74, 6) is 0.720. The highest BCUT2D eigenvalue weighted by atomic mass is 16.5. The van der Waals surface area contributed by atoms with Gasteiger partial charge in [0.2, 0.25) is 0 Å². The molecule has 0 aliphatic heterocycles. The van der Waals surface area contributed by atoms with Crippen molar-refractivity contribution in [2.24, 2.45) is 0 Å². The summed E-state index contributed by atoms with van der Waals surface area (Å²) < 4.78 is 4.95. The number of rotatable bonds is 2. The molecule has 13 heavy (non-hydrogen) atoms. The first-order chi connectivity index (χ1) is 6.27. The van der Waals surface area contributed by atoms with Gasteiger partial charge in [0, 0.05) is 17.5 Å². The van der Waals surface area contributed by atoms with Crippen molar-refractivity contribution in [3.8, 4) is 5.75 Å². The first kappa shape index (κ1) is 11.5. The van der Waals surface area contributed by atoms with E-state index in [1.165, 1.54) is 6.21 Å². The van der Waals surface area contributed by atoms with E-state index in [1.54, 1.807) is 25.3 Å². The molecule has 0 saturated carbocycles. The number of methoxy groups -OCH3 is 1. The number of benzene rings is 1. The lowest BCUT2D eigenvalue weighted by Crippen LogP contribution is -1.93. The van der Waals surface area contributed by atoms with E-state index < -0.39 is 0 Å². The van der Waals surface area contributed by atoms with Crippen LogP contribution in [0.15, 0.2) is 18.2 Å². The minimum atomic E-state index is 0.598. The van der Waals surface area contributed by atoms with Crippen molar-refractivity contribution in [1.29, 1.82) is 5.41 Å².